The van der Waals surface area contributed by atoms with E-state index in [1.54, 1.807) is 13.2 Å². The summed E-state index contributed by atoms with van der Waals surface area (Å²) in [5, 5.41) is 5.21. The van der Waals surface area contributed by atoms with Crippen molar-refractivity contribution < 1.29 is 17.9 Å². The smallest absolute Gasteiger partial charge is 0.209 e. The van der Waals surface area contributed by atoms with E-state index in [2.05, 4.69) is 15.9 Å². The van der Waals surface area contributed by atoms with Gasteiger partial charge in [-0.05, 0) is 40.9 Å². The highest BCUT2D eigenvalue weighted by Gasteiger charge is 2.32. The van der Waals surface area contributed by atoms with Crippen molar-refractivity contribution in [3.8, 4) is 11.5 Å². The molecule has 1 aromatic carbocycles. The van der Waals surface area contributed by atoms with Gasteiger partial charge in [0.05, 0.1) is 23.9 Å². The molecule has 0 heterocycles. The van der Waals surface area contributed by atoms with E-state index in [1.807, 2.05) is 26.0 Å². The van der Waals surface area contributed by atoms with Crippen molar-refractivity contribution in [2.75, 3.05) is 19.5 Å². The molecule has 0 radical (unpaired) electrons. The summed E-state index contributed by atoms with van der Waals surface area (Å²) in [6.45, 7) is 4.14. The SMILES string of the molecule is CCC(CC)(COc1c(Br)cccc1OC)CS(N)(=O)=O. The van der Waals surface area contributed by atoms with Crippen molar-refractivity contribution in [2.24, 2.45) is 10.6 Å². The molecule has 120 valence electrons. The third-order valence-corrected chi connectivity index (χ3v) is 5.32. The van der Waals surface area contributed by atoms with Crippen molar-refractivity contribution in [1.29, 1.82) is 0 Å². The van der Waals surface area contributed by atoms with Crippen LogP contribution in [0.2, 0.25) is 0 Å². The Morgan fingerprint density at radius 1 is 1.29 bits per heavy atom. The van der Waals surface area contributed by atoms with Crippen molar-refractivity contribution in [3.63, 3.8) is 0 Å². The van der Waals surface area contributed by atoms with E-state index in [-0.39, 0.29) is 12.4 Å². The van der Waals surface area contributed by atoms with Crippen LogP contribution in [0.4, 0.5) is 0 Å². The highest BCUT2D eigenvalue weighted by molar-refractivity contribution is 9.10. The summed E-state index contributed by atoms with van der Waals surface area (Å²) >= 11 is 3.41. The molecule has 0 fully saturated rings. The molecule has 21 heavy (non-hydrogen) atoms. The molecule has 0 saturated carbocycles. The molecular formula is C14H22BrNO4S. The molecule has 5 nitrogen and oxygen atoms in total. The van der Waals surface area contributed by atoms with Crippen LogP contribution in [0.1, 0.15) is 26.7 Å². The fourth-order valence-electron chi connectivity index (χ4n) is 2.14. The number of primary sulfonamides is 1. The molecular weight excluding hydrogens is 358 g/mol. The van der Waals surface area contributed by atoms with Gasteiger partial charge in [0.2, 0.25) is 10.0 Å². The Morgan fingerprint density at radius 3 is 2.38 bits per heavy atom. The molecule has 0 aliphatic heterocycles. The van der Waals surface area contributed by atoms with Gasteiger partial charge in [0.1, 0.15) is 0 Å². The highest BCUT2D eigenvalue weighted by Crippen LogP contribution is 2.37. The van der Waals surface area contributed by atoms with Gasteiger partial charge < -0.3 is 9.47 Å². The maximum Gasteiger partial charge on any atom is 0.209 e. The molecule has 0 atom stereocenters. The van der Waals surface area contributed by atoms with Crippen LogP contribution in [0.15, 0.2) is 22.7 Å². The van der Waals surface area contributed by atoms with Gasteiger partial charge in [0.25, 0.3) is 0 Å². The fraction of sp³-hybridized carbons (Fsp3) is 0.571. The lowest BCUT2D eigenvalue weighted by Crippen LogP contribution is -2.37. The molecule has 1 rings (SSSR count). The summed E-state index contributed by atoms with van der Waals surface area (Å²) in [6, 6.07) is 5.48. The second kappa shape index (κ2) is 7.47. The first-order valence-corrected chi connectivity index (χ1v) is 9.23. The third kappa shape index (κ3) is 5.16. The number of nitrogens with two attached hydrogens (primary N) is 1. The predicted molar refractivity (Wildman–Crippen MR) is 87.2 cm³/mol. The van der Waals surface area contributed by atoms with Crippen molar-refractivity contribution in [3.05, 3.63) is 22.7 Å². The second-order valence-corrected chi connectivity index (χ2v) is 7.54. The number of sulfonamides is 1. The van der Waals surface area contributed by atoms with Gasteiger partial charge in [-0.3, -0.25) is 0 Å². The van der Waals surface area contributed by atoms with Gasteiger partial charge >= 0.3 is 0 Å². The van der Waals surface area contributed by atoms with Crippen LogP contribution in [-0.2, 0) is 10.0 Å². The Kier molecular flexibility index (Phi) is 6.49. The fourth-order valence-corrected chi connectivity index (χ4v) is 3.95. The lowest BCUT2D eigenvalue weighted by Gasteiger charge is -2.30. The van der Waals surface area contributed by atoms with Gasteiger partial charge in [-0.1, -0.05) is 19.9 Å². The van der Waals surface area contributed by atoms with E-state index in [0.717, 1.165) is 4.47 Å². The highest BCUT2D eigenvalue weighted by atomic mass is 79.9. The van der Waals surface area contributed by atoms with E-state index in [0.29, 0.717) is 24.3 Å². The molecule has 0 aliphatic carbocycles. The summed E-state index contributed by atoms with van der Waals surface area (Å²) in [4.78, 5) is 0. The van der Waals surface area contributed by atoms with E-state index in [1.165, 1.54) is 0 Å². The molecule has 1 aromatic rings. The summed E-state index contributed by atoms with van der Waals surface area (Å²) < 4.78 is 34.8. The molecule has 7 heteroatoms. The maximum atomic E-state index is 11.5. The Balaban J connectivity index is 2.98. The summed E-state index contributed by atoms with van der Waals surface area (Å²) in [7, 11) is -2.00. The molecule has 0 saturated heterocycles. The first-order chi connectivity index (χ1) is 9.77. The van der Waals surface area contributed by atoms with Crippen LogP contribution in [0.3, 0.4) is 0 Å². The van der Waals surface area contributed by atoms with Crippen molar-refractivity contribution >= 4 is 26.0 Å². The second-order valence-electron chi connectivity index (χ2n) is 5.07. The van der Waals surface area contributed by atoms with Gasteiger partial charge in [0.15, 0.2) is 11.5 Å². The standard InChI is InChI=1S/C14H22BrNO4S/c1-4-14(5-2,10-21(16,17)18)9-20-13-11(15)7-6-8-12(13)19-3/h6-8H,4-5,9-10H2,1-3H3,(H2,16,17,18). The van der Waals surface area contributed by atoms with Crippen LogP contribution in [-0.4, -0.2) is 27.9 Å². The first-order valence-electron chi connectivity index (χ1n) is 6.72. The number of hydrogen-bond donors (Lipinski definition) is 1. The number of ether oxygens (including phenoxy) is 2. The average molecular weight is 380 g/mol. The lowest BCUT2D eigenvalue weighted by atomic mass is 9.85. The van der Waals surface area contributed by atoms with Crippen LogP contribution in [0.5, 0.6) is 11.5 Å². The predicted octanol–water partition coefficient (Wildman–Crippen LogP) is 2.93. The number of methoxy groups -OCH3 is 1. The number of para-hydroxylation sites is 1. The minimum atomic E-state index is -3.56. The topological polar surface area (TPSA) is 78.6 Å². The van der Waals surface area contributed by atoms with Gasteiger partial charge in [-0.25, -0.2) is 13.6 Å². The van der Waals surface area contributed by atoms with Crippen LogP contribution < -0.4 is 14.6 Å². The lowest BCUT2D eigenvalue weighted by molar-refractivity contribution is 0.149. The van der Waals surface area contributed by atoms with E-state index >= 15 is 0 Å². The number of halogens is 1. The number of hydrogen-bond acceptors (Lipinski definition) is 4. The first kappa shape index (κ1) is 18.3. The van der Waals surface area contributed by atoms with Gasteiger partial charge in [-0.2, -0.15) is 0 Å². The zero-order valence-corrected chi connectivity index (χ0v) is 15.0. The molecule has 2 N–H and O–H groups in total. The average Bonchev–Trinajstić information content (AvgIpc) is 2.43. The largest absolute Gasteiger partial charge is 0.493 e. The minimum absolute atomic E-state index is 0.0975. The molecule has 0 bridgehead atoms. The normalized spacial score (nSPS) is 12.2. The summed E-state index contributed by atoms with van der Waals surface area (Å²) in [5.41, 5.74) is -0.506. The monoisotopic (exact) mass is 379 g/mol. The van der Waals surface area contributed by atoms with Crippen molar-refractivity contribution in [2.45, 2.75) is 26.7 Å². The third-order valence-electron chi connectivity index (χ3n) is 3.68. The van der Waals surface area contributed by atoms with E-state index < -0.39 is 15.4 Å². The van der Waals surface area contributed by atoms with Crippen LogP contribution >= 0.6 is 15.9 Å². The Hall–Kier alpha value is -0.790. The molecule has 0 spiro atoms. The quantitative estimate of drug-likeness (QED) is 0.752. The van der Waals surface area contributed by atoms with Gasteiger partial charge in [-0.15, -0.1) is 0 Å². The maximum absolute atomic E-state index is 11.5. The van der Waals surface area contributed by atoms with Crippen LogP contribution in [0.25, 0.3) is 0 Å². The molecule has 0 aromatic heterocycles. The minimum Gasteiger partial charge on any atom is -0.493 e. The van der Waals surface area contributed by atoms with Crippen molar-refractivity contribution in [1.82, 2.24) is 0 Å². The zero-order chi connectivity index (χ0) is 16.1. The van der Waals surface area contributed by atoms with Crippen LogP contribution in [0, 0.1) is 5.41 Å². The zero-order valence-electron chi connectivity index (χ0n) is 12.6. The Bertz CT molecular complexity index is 570. The Labute approximate surface area is 135 Å². The molecule has 0 amide bonds. The van der Waals surface area contributed by atoms with Gasteiger partial charge in [0, 0.05) is 5.41 Å². The Morgan fingerprint density at radius 2 is 1.90 bits per heavy atom. The molecule has 0 aliphatic rings. The number of rotatable bonds is 8. The molecule has 0 unspecified atom stereocenters. The van der Waals surface area contributed by atoms with E-state index in [9.17, 15) is 8.42 Å². The van der Waals surface area contributed by atoms with E-state index in [4.69, 9.17) is 14.6 Å². The summed E-state index contributed by atoms with van der Waals surface area (Å²) in [6.07, 6.45) is 1.32. The number of benzene rings is 1. The summed E-state index contributed by atoms with van der Waals surface area (Å²) in [5.74, 6) is 1.07.